The Labute approximate surface area is 162 Å². The van der Waals surface area contributed by atoms with Crippen molar-refractivity contribution in [3.63, 3.8) is 0 Å². The van der Waals surface area contributed by atoms with Gasteiger partial charge in [0.05, 0.1) is 23.2 Å². The van der Waals surface area contributed by atoms with Gasteiger partial charge in [0.25, 0.3) is 12.3 Å². The summed E-state index contributed by atoms with van der Waals surface area (Å²) in [5.74, 6) is -0.572. The van der Waals surface area contributed by atoms with Crippen LogP contribution in [0.2, 0.25) is 0 Å². The Balaban J connectivity index is 2.13. The van der Waals surface area contributed by atoms with Gasteiger partial charge in [-0.05, 0) is 6.07 Å². The van der Waals surface area contributed by atoms with Gasteiger partial charge < -0.3 is 4.90 Å². The highest BCUT2D eigenvalue weighted by molar-refractivity contribution is 6.13. The minimum atomic E-state index is -2.83. The van der Waals surface area contributed by atoms with Gasteiger partial charge >= 0.3 is 0 Å². The minimum Gasteiger partial charge on any atom is -0.343 e. The molecule has 142 valence electrons. The van der Waals surface area contributed by atoms with E-state index in [1.165, 1.54) is 31.3 Å². The summed E-state index contributed by atoms with van der Waals surface area (Å²) in [4.78, 5) is 21.9. The number of nitrogens with zero attached hydrogens (tertiary/aromatic N) is 3. The van der Waals surface area contributed by atoms with E-state index in [0.717, 1.165) is 11.1 Å². The maximum Gasteiger partial charge on any atom is 0.272 e. The zero-order chi connectivity index (χ0) is 20.1. The molecule has 0 saturated carbocycles. The summed E-state index contributed by atoms with van der Waals surface area (Å²) in [7, 11) is 2.99. The van der Waals surface area contributed by atoms with Gasteiger partial charge in [-0.2, -0.15) is 0 Å². The van der Waals surface area contributed by atoms with Crippen molar-refractivity contribution in [2.75, 3.05) is 14.1 Å². The van der Waals surface area contributed by atoms with Crippen molar-refractivity contribution in [3.8, 4) is 0 Å². The van der Waals surface area contributed by atoms with Crippen LogP contribution in [0.4, 0.5) is 14.5 Å². The van der Waals surface area contributed by atoms with Crippen LogP contribution >= 0.6 is 0 Å². The number of aliphatic imine (C=N–C) groups is 1. The van der Waals surface area contributed by atoms with Crippen molar-refractivity contribution in [1.29, 1.82) is 0 Å². The Morgan fingerprint density at radius 3 is 1.96 bits per heavy atom. The molecule has 6 heteroatoms. The first-order valence-corrected chi connectivity index (χ1v) is 8.66. The molecular weight excluding hydrogens is 360 g/mol. The van der Waals surface area contributed by atoms with Crippen LogP contribution in [0, 0.1) is 0 Å². The number of hydrogen-bond donors (Lipinski definition) is 0. The number of pyridine rings is 1. The highest BCUT2D eigenvalue weighted by atomic mass is 19.3. The topological polar surface area (TPSA) is 45.6 Å². The van der Waals surface area contributed by atoms with E-state index >= 15 is 0 Å². The number of benzene rings is 2. The fourth-order valence-electron chi connectivity index (χ4n) is 2.71. The normalized spacial score (nSPS) is 10.6. The monoisotopic (exact) mass is 379 g/mol. The molecule has 1 aromatic heterocycles. The van der Waals surface area contributed by atoms with Gasteiger partial charge in [-0.15, -0.1) is 0 Å². The van der Waals surface area contributed by atoms with E-state index in [0.29, 0.717) is 5.71 Å². The lowest BCUT2D eigenvalue weighted by Gasteiger charge is -2.13. The Morgan fingerprint density at radius 2 is 1.50 bits per heavy atom. The third-order valence-electron chi connectivity index (χ3n) is 4.08. The van der Waals surface area contributed by atoms with E-state index in [1.807, 2.05) is 60.7 Å². The molecular formula is C22H19F2N3O. The molecule has 0 spiro atoms. The number of hydrogen-bond acceptors (Lipinski definition) is 3. The van der Waals surface area contributed by atoms with Crippen molar-refractivity contribution < 1.29 is 13.6 Å². The maximum absolute atomic E-state index is 13.6. The third-order valence-corrected chi connectivity index (χ3v) is 4.08. The van der Waals surface area contributed by atoms with Crippen molar-refractivity contribution in [1.82, 2.24) is 9.88 Å². The van der Waals surface area contributed by atoms with Crippen LogP contribution in [-0.4, -0.2) is 35.6 Å². The predicted octanol–water partition coefficient (Wildman–Crippen LogP) is 4.89. The molecule has 28 heavy (non-hydrogen) atoms. The summed E-state index contributed by atoms with van der Waals surface area (Å²) < 4.78 is 27.1. The summed E-state index contributed by atoms with van der Waals surface area (Å²) in [5.41, 5.74) is 1.89. The first-order chi connectivity index (χ1) is 13.5. The van der Waals surface area contributed by atoms with E-state index in [4.69, 9.17) is 0 Å². The first-order valence-electron chi connectivity index (χ1n) is 8.66. The van der Waals surface area contributed by atoms with Gasteiger partial charge in [-0.1, -0.05) is 60.7 Å². The molecule has 3 aromatic rings. The van der Waals surface area contributed by atoms with Crippen LogP contribution in [0.1, 0.15) is 33.6 Å². The van der Waals surface area contributed by atoms with Crippen LogP contribution < -0.4 is 0 Å². The van der Waals surface area contributed by atoms with E-state index < -0.39 is 17.9 Å². The average molecular weight is 379 g/mol. The lowest BCUT2D eigenvalue weighted by Crippen LogP contribution is -2.24. The second-order valence-electron chi connectivity index (χ2n) is 6.32. The molecule has 0 aliphatic rings. The summed E-state index contributed by atoms with van der Waals surface area (Å²) in [6.45, 7) is 0. The molecule has 0 unspecified atom stereocenters. The zero-order valence-electron chi connectivity index (χ0n) is 15.5. The summed E-state index contributed by atoms with van der Waals surface area (Å²) in [5, 5.41) is 0. The van der Waals surface area contributed by atoms with Crippen LogP contribution in [0.25, 0.3) is 0 Å². The van der Waals surface area contributed by atoms with Gasteiger partial charge in [0.2, 0.25) is 0 Å². The van der Waals surface area contributed by atoms with Crippen LogP contribution in [0.15, 0.2) is 77.9 Å². The van der Waals surface area contributed by atoms with E-state index in [9.17, 15) is 13.6 Å². The maximum atomic E-state index is 13.6. The molecule has 1 heterocycles. The smallest absolute Gasteiger partial charge is 0.272 e. The highest BCUT2D eigenvalue weighted by Gasteiger charge is 2.22. The second-order valence-corrected chi connectivity index (χ2v) is 6.32. The van der Waals surface area contributed by atoms with Gasteiger partial charge in [-0.25, -0.2) is 18.8 Å². The van der Waals surface area contributed by atoms with Crippen LogP contribution in [0.5, 0.6) is 0 Å². The Hall–Kier alpha value is -3.41. The fraction of sp³-hybridized carbons (Fsp3) is 0.136. The molecule has 0 N–H and O–H groups in total. The molecule has 0 saturated heterocycles. The standard InChI is InChI=1S/C22H19F2N3O/c1-27(2)22(28)20-18(21(23)24)13-17(14-25-20)26-19(15-9-5-3-6-10-15)16-11-7-4-8-12-16/h3-14,21H,1-2H3. The third kappa shape index (κ3) is 4.28. The molecule has 0 fully saturated rings. The molecule has 3 rings (SSSR count). The number of amides is 1. The van der Waals surface area contributed by atoms with E-state index in [1.54, 1.807) is 0 Å². The zero-order valence-corrected chi connectivity index (χ0v) is 15.5. The number of halogens is 2. The molecule has 1 amide bonds. The number of carbonyl (C=O) groups is 1. The lowest BCUT2D eigenvalue weighted by atomic mass is 10.0. The molecule has 0 atom stereocenters. The van der Waals surface area contributed by atoms with Gasteiger partial charge in [0, 0.05) is 25.2 Å². The molecule has 2 aromatic carbocycles. The second kappa shape index (κ2) is 8.52. The van der Waals surface area contributed by atoms with Gasteiger partial charge in [0.1, 0.15) is 5.69 Å². The van der Waals surface area contributed by atoms with Crippen LogP contribution in [-0.2, 0) is 0 Å². The average Bonchev–Trinajstić information content (AvgIpc) is 2.72. The van der Waals surface area contributed by atoms with Crippen LogP contribution in [0.3, 0.4) is 0 Å². The summed E-state index contributed by atoms with van der Waals surface area (Å²) >= 11 is 0. The SMILES string of the molecule is CN(C)C(=O)c1ncc(N=C(c2ccccc2)c2ccccc2)cc1C(F)F. The molecule has 0 aliphatic carbocycles. The van der Waals surface area contributed by atoms with Gasteiger partial charge in [0.15, 0.2) is 0 Å². The largest absolute Gasteiger partial charge is 0.343 e. The summed E-state index contributed by atoms with van der Waals surface area (Å²) in [6, 6.07) is 20.1. The molecule has 0 bridgehead atoms. The predicted molar refractivity (Wildman–Crippen MR) is 105 cm³/mol. The van der Waals surface area contributed by atoms with E-state index in [-0.39, 0.29) is 11.4 Å². The van der Waals surface area contributed by atoms with Crippen molar-refractivity contribution in [2.45, 2.75) is 6.43 Å². The fourth-order valence-corrected chi connectivity index (χ4v) is 2.71. The molecule has 4 nitrogen and oxygen atoms in total. The Kier molecular flexibility index (Phi) is 5.89. The Bertz CT molecular complexity index is 946. The number of rotatable bonds is 5. The van der Waals surface area contributed by atoms with Crippen molar-refractivity contribution in [3.05, 3.63) is 95.3 Å². The highest BCUT2D eigenvalue weighted by Crippen LogP contribution is 2.27. The molecule has 0 aliphatic heterocycles. The van der Waals surface area contributed by atoms with Crippen molar-refractivity contribution in [2.24, 2.45) is 4.99 Å². The molecule has 0 radical (unpaired) electrons. The summed E-state index contributed by atoms with van der Waals surface area (Å²) in [6.07, 6.45) is -1.49. The number of carbonyl (C=O) groups excluding carboxylic acids is 1. The Morgan fingerprint density at radius 1 is 0.964 bits per heavy atom. The van der Waals surface area contributed by atoms with E-state index in [2.05, 4.69) is 9.98 Å². The first kappa shape index (κ1) is 19.4. The van der Waals surface area contributed by atoms with Crippen molar-refractivity contribution >= 4 is 17.3 Å². The lowest BCUT2D eigenvalue weighted by molar-refractivity contribution is 0.0808. The number of aromatic nitrogens is 1. The minimum absolute atomic E-state index is 0.258. The quantitative estimate of drug-likeness (QED) is 0.593. The van der Waals surface area contributed by atoms with Gasteiger partial charge in [-0.3, -0.25) is 4.79 Å². The number of alkyl halides is 2.